The van der Waals surface area contributed by atoms with Crippen LogP contribution in [0.3, 0.4) is 0 Å². The Kier molecular flexibility index (Phi) is 4.49. The number of benzene rings is 3. The molecular formula is C22H14FNO3. The molecule has 1 heterocycles. The SMILES string of the molecule is O=C(/C=C/c1ccc(F)cc1)Oc1ccc2nc(-c3ccccc3)oc2c1. The van der Waals surface area contributed by atoms with Crippen molar-refractivity contribution in [3.63, 3.8) is 0 Å². The molecule has 4 rings (SSSR count). The monoisotopic (exact) mass is 359 g/mol. The quantitative estimate of drug-likeness (QED) is 0.284. The summed E-state index contributed by atoms with van der Waals surface area (Å²) in [5.41, 5.74) is 2.78. The number of oxazole rings is 1. The van der Waals surface area contributed by atoms with E-state index in [2.05, 4.69) is 4.98 Å². The third-order valence-electron chi connectivity index (χ3n) is 3.88. The van der Waals surface area contributed by atoms with Gasteiger partial charge in [-0.15, -0.1) is 0 Å². The lowest BCUT2D eigenvalue weighted by Crippen LogP contribution is -2.03. The number of rotatable bonds is 4. The van der Waals surface area contributed by atoms with Crippen molar-refractivity contribution in [1.82, 2.24) is 4.98 Å². The lowest BCUT2D eigenvalue weighted by Gasteiger charge is -2.00. The molecule has 1 aromatic heterocycles. The molecule has 0 saturated heterocycles. The first-order chi connectivity index (χ1) is 13.2. The number of hydrogen-bond donors (Lipinski definition) is 0. The first kappa shape index (κ1) is 16.7. The fraction of sp³-hybridized carbons (Fsp3) is 0. The average molecular weight is 359 g/mol. The first-order valence-corrected chi connectivity index (χ1v) is 8.29. The van der Waals surface area contributed by atoms with Gasteiger partial charge in [0.2, 0.25) is 5.89 Å². The molecule has 0 N–H and O–H groups in total. The van der Waals surface area contributed by atoms with Crippen molar-refractivity contribution in [1.29, 1.82) is 0 Å². The molecule has 4 aromatic rings. The van der Waals surface area contributed by atoms with Crippen LogP contribution in [0, 0.1) is 5.82 Å². The fourth-order valence-corrected chi connectivity index (χ4v) is 2.56. The highest BCUT2D eigenvalue weighted by Gasteiger charge is 2.10. The highest BCUT2D eigenvalue weighted by molar-refractivity contribution is 5.89. The van der Waals surface area contributed by atoms with Gasteiger partial charge >= 0.3 is 5.97 Å². The maximum atomic E-state index is 12.9. The van der Waals surface area contributed by atoms with Crippen LogP contribution in [0.5, 0.6) is 5.75 Å². The summed E-state index contributed by atoms with van der Waals surface area (Å²) >= 11 is 0. The van der Waals surface area contributed by atoms with Crippen molar-refractivity contribution in [2.24, 2.45) is 0 Å². The van der Waals surface area contributed by atoms with E-state index in [9.17, 15) is 9.18 Å². The summed E-state index contributed by atoms with van der Waals surface area (Å²) in [5, 5.41) is 0. The lowest BCUT2D eigenvalue weighted by atomic mass is 10.2. The van der Waals surface area contributed by atoms with Crippen molar-refractivity contribution < 1.29 is 18.3 Å². The second-order valence-electron chi connectivity index (χ2n) is 5.82. The van der Waals surface area contributed by atoms with Crippen molar-refractivity contribution in [3.8, 4) is 17.2 Å². The van der Waals surface area contributed by atoms with E-state index in [1.165, 1.54) is 18.2 Å². The predicted molar refractivity (Wildman–Crippen MR) is 101 cm³/mol. The van der Waals surface area contributed by atoms with Gasteiger partial charge in [0.25, 0.3) is 0 Å². The molecule has 27 heavy (non-hydrogen) atoms. The summed E-state index contributed by atoms with van der Waals surface area (Å²) < 4.78 is 23.9. The third-order valence-corrected chi connectivity index (χ3v) is 3.88. The Bertz CT molecular complexity index is 1120. The first-order valence-electron chi connectivity index (χ1n) is 8.29. The Morgan fingerprint density at radius 2 is 1.78 bits per heavy atom. The molecule has 0 unspecified atom stereocenters. The van der Waals surface area contributed by atoms with Crippen LogP contribution in [0.25, 0.3) is 28.6 Å². The molecule has 0 aliphatic heterocycles. The number of esters is 1. The fourth-order valence-electron chi connectivity index (χ4n) is 2.56. The van der Waals surface area contributed by atoms with Crippen LogP contribution in [-0.4, -0.2) is 11.0 Å². The van der Waals surface area contributed by atoms with Crippen LogP contribution < -0.4 is 4.74 Å². The molecule has 0 saturated carbocycles. The van der Waals surface area contributed by atoms with Gasteiger partial charge in [0.05, 0.1) is 0 Å². The van der Waals surface area contributed by atoms with Crippen LogP contribution >= 0.6 is 0 Å². The topological polar surface area (TPSA) is 52.3 Å². The smallest absolute Gasteiger partial charge is 0.336 e. The van der Waals surface area contributed by atoms with E-state index in [0.29, 0.717) is 28.3 Å². The van der Waals surface area contributed by atoms with Crippen LogP contribution in [-0.2, 0) is 4.79 Å². The molecule has 4 nitrogen and oxygen atoms in total. The number of nitrogens with zero attached hydrogens (tertiary/aromatic N) is 1. The molecular weight excluding hydrogens is 345 g/mol. The minimum absolute atomic E-state index is 0.329. The Morgan fingerprint density at radius 3 is 2.56 bits per heavy atom. The Balaban J connectivity index is 1.50. The average Bonchev–Trinajstić information content (AvgIpc) is 3.12. The number of aromatic nitrogens is 1. The van der Waals surface area contributed by atoms with Gasteiger partial charge in [-0.3, -0.25) is 0 Å². The largest absolute Gasteiger partial charge is 0.436 e. The van der Waals surface area contributed by atoms with E-state index < -0.39 is 5.97 Å². The summed E-state index contributed by atoms with van der Waals surface area (Å²) in [5.74, 6) is -0.0104. The summed E-state index contributed by atoms with van der Waals surface area (Å²) in [4.78, 5) is 16.4. The second-order valence-corrected chi connectivity index (χ2v) is 5.82. The van der Waals surface area contributed by atoms with Gasteiger partial charge in [-0.25, -0.2) is 14.2 Å². The highest BCUT2D eigenvalue weighted by Crippen LogP contribution is 2.27. The molecule has 132 valence electrons. The zero-order valence-corrected chi connectivity index (χ0v) is 14.1. The molecule has 0 aliphatic rings. The number of fused-ring (bicyclic) bond motifs is 1. The van der Waals surface area contributed by atoms with Crippen LogP contribution in [0.4, 0.5) is 4.39 Å². The maximum Gasteiger partial charge on any atom is 0.336 e. The summed E-state index contributed by atoms with van der Waals surface area (Å²) in [6.45, 7) is 0. The number of ether oxygens (including phenoxy) is 1. The predicted octanol–water partition coefficient (Wildman–Crippen LogP) is 5.25. The molecule has 0 aliphatic carbocycles. The molecule has 0 atom stereocenters. The maximum absolute atomic E-state index is 12.9. The second kappa shape index (κ2) is 7.25. The van der Waals surface area contributed by atoms with Crippen molar-refractivity contribution >= 4 is 23.1 Å². The van der Waals surface area contributed by atoms with Gasteiger partial charge in [0.15, 0.2) is 5.58 Å². The number of hydrogen-bond acceptors (Lipinski definition) is 4. The van der Waals surface area contributed by atoms with Gasteiger partial charge in [0.1, 0.15) is 17.1 Å². The van der Waals surface area contributed by atoms with Crippen LogP contribution in [0.15, 0.2) is 83.3 Å². The Hall–Kier alpha value is -3.73. The highest BCUT2D eigenvalue weighted by atomic mass is 19.1. The summed E-state index contributed by atoms with van der Waals surface area (Å²) in [6, 6.07) is 20.4. The number of carbonyl (C=O) groups is 1. The van der Waals surface area contributed by atoms with E-state index in [0.717, 1.165) is 5.56 Å². The minimum atomic E-state index is -0.540. The van der Waals surface area contributed by atoms with E-state index in [1.54, 1.807) is 36.4 Å². The zero-order valence-electron chi connectivity index (χ0n) is 14.1. The van der Waals surface area contributed by atoms with Gasteiger partial charge in [-0.2, -0.15) is 0 Å². The summed E-state index contributed by atoms with van der Waals surface area (Å²) in [6.07, 6.45) is 2.84. The van der Waals surface area contributed by atoms with Crippen LogP contribution in [0.2, 0.25) is 0 Å². The van der Waals surface area contributed by atoms with Gasteiger partial charge in [0, 0.05) is 17.7 Å². The molecule has 0 fully saturated rings. The third kappa shape index (κ3) is 3.93. The molecule has 0 spiro atoms. The van der Waals surface area contributed by atoms with E-state index in [4.69, 9.17) is 9.15 Å². The number of halogens is 1. The normalized spacial score (nSPS) is 11.1. The molecule has 0 amide bonds. The van der Waals surface area contributed by atoms with Gasteiger partial charge < -0.3 is 9.15 Å². The Labute approximate surface area is 154 Å². The number of carbonyl (C=O) groups excluding carboxylic acids is 1. The Morgan fingerprint density at radius 1 is 1.00 bits per heavy atom. The molecule has 0 bridgehead atoms. The van der Waals surface area contributed by atoms with Crippen molar-refractivity contribution in [3.05, 3.63) is 90.3 Å². The van der Waals surface area contributed by atoms with E-state index in [1.807, 2.05) is 30.3 Å². The van der Waals surface area contributed by atoms with Crippen molar-refractivity contribution in [2.45, 2.75) is 0 Å². The lowest BCUT2D eigenvalue weighted by molar-refractivity contribution is -0.128. The zero-order chi connectivity index (χ0) is 18.6. The van der Waals surface area contributed by atoms with Gasteiger partial charge in [-0.1, -0.05) is 30.3 Å². The molecule has 5 heteroatoms. The van der Waals surface area contributed by atoms with Crippen molar-refractivity contribution in [2.75, 3.05) is 0 Å². The van der Waals surface area contributed by atoms with Gasteiger partial charge in [-0.05, 0) is 48.0 Å². The minimum Gasteiger partial charge on any atom is -0.436 e. The van der Waals surface area contributed by atoms with E-state index >= 15 is 0 Å². The van der Waals surface area contributed by atoms with E-state index in [-0.39, 0.29) is 5.82 Å². The van der Waals surface area contributed by atoms with Crippen LogP contribution in [0.1, 0.15) is 5.56 Å². The summed E-state index contributed by atoms with van der Waals surface area (Å²) in [7, 11) is 0. The molecule has 0 radical (unpaired) electrons. The molecule has 3 aromatic carbocycles. The standard InChI is InChI=1S/C22H14FNO3/c23-17-9-6-15(7-10-17)8-13-21(25)26-18-11-12-19-20(14-18)27-22(24-19)16-4-2-1-3-5-16/h1-14H/b13-8+.